The molecule has 0 fully saturated rings. The van der Waals surface area contributed by atoms with Crippen molar-refractivity contribution in [3.05, 3.63) is 93.7 Å². The second-order valence-electron chi connectivity index (χ2n) is 14.0. The summed E-state index contributed by atoms with van der Waals surface area (Å²) in [6, 6.07) is 20.5. The van der Waals surface area contributed by atoms with Gasteiger partial charge in [0.25, 0.3) is 11.8 Å². The van der Waals surface area contributed by atoms with Crippen LogP contribution in [0.25, 0.3) is 21.5 Å². The number of carbonyl (C=O) groups is 4. The van der Waals surface area contributed by atoms with E-state index in [9.17, 15) is 38.6 Å². The summed E-state index contributed by atoms with van der Waals surface area (Å²) in [5, 5.41) is 11.8. The Balaban J connectivity index is 1.20. The molecule has 3 heterocycles. The Hall–Kier alpha value is -4.93. The molecule has 1 aromatic heterocycles. The van der Waals surface area contributed by atoms with Gasteiger partial charge in [0.1, 0.15) is 11.5 Å². The van der Waals surface area contributed by atoms with Gasteiger partial charge in [0, 0.05) is 93.4 Å². The van der Waals surface area contributed by atoms with Gasteiger partial charge >= 0.3 is 20.0 Å². The zero-order valence-electron chi connectivity index (χ0n) is 31.7. The van der Waals surface area contributed by atoms with Crippen molar-refractivity contribution in [2.75, 3.05) is 75.0 Å². The second kappa shape index (κ2) is 17.3. The van der Waals surface area contributed by atoms with E-state index in [0.717, 1.165) is 32.7 Å². The van der Waals surface area contributed by atoms with Crippen LogP contribution in [0.3, 0.4) is 0 Å². The van der Waals surface area contributed by atoms with Crippen LogP contribution < -0.4 is 19.1 Å². The highest BCUT2D eigenvalue weighted by Gasteiger charge is 2.39. The number of fused-ring (bicyclic) bond motifs is 6. The number of phosphoric acid groups is 1. The number of hydrogen-bond acceptors (Lipinski definition) is 9. The van der Waals surface area contributed by atoms with E-state index in [1.165, 1.54) is 30.0 Å². The highest BCUT2D eigenvalue weighted by atomic mass is 35.5. The molecule has 0 bridgehead atoms. The number of thiophene rings is 1. The lowest BCUT2D eigenvalue weighted by Crippen LogP contribution is -2.42. The zero-order valence-corrected chi connectivity index (χ0v) is 35.0. The molecule has 0 saturated heterocycles. The number of ether oxygens (including phenoxy) is 2. The second-order valence-corrected chi connectivity index (χ2v) is 16.9. The van der Waals surface area contributed by atoms with Crippen LogP contribution in [-0.2, 0) is 9.30 Å². The van der Waals surface area contributed by atoms with Crippen molar-refractivity contribution in [3.8, 4) is 11.5 Å². The summed E-state index contributed by atoms with van der Waals surface area (Å²) in [7, 11) is -2.08. The van der Waals surface area contributed by atoms with Gasteiger partial charge < -0.3 is 38.7 Å². The van der Waals surface area contributed by atoms with E-state index >= 15 is 0 Å². The van der Waals surface area contributed by atoms with Gasteiger partial charge in [-0.25, -0.2) is 14.2 Å². The van der Waals surface area contributed by atoms with Crippen LogP contribution in [0.4, 0.5) is 21.0 Å². The van der Waals surface area contributed by atoms with E-state index in [1.54, 1.807) is 59.5 Å². The first-order valence-corrected chi connectivity index (χ1v) is 21.8. The lowest BCUT2D eigenvalue weighted by molar-refractivity contribution is 0.0986. The fourth-order valence-electron chi connectivity index (χ4n) is 7.60. The highest BCUT2D eigenvalue weighted by molar-refractivity contribution is 7.46. The minimum atomic E-state index is -4.96. The number of halogens is 2. The first-order valence-electron chi connectivity index (χ1n) is 18.4. The molecule has 5 aromatic rings. The number of benzene rings is 4. The Morgan fingerprint density at radius 3 is 1.75 bits per heavy atom. The smallest absolute Gasteiger partial charge is 0.465 e. The van der Waals surface area contributed by atoms with Crippen LogP contribution in [0.2, 0.25) is 0 Å². The summed E-state index contributed by atoms with van der Waals surface area (Å²) in [6.45, 7) is 0.799. The summed E-state index contributed by atoms with van der Waals surface area (Å²) in [6.07, 6.45) is -1.87. The molecule has 310 valence electrons. The number of nitrogens with zero attached hydrogens (tertiary/aromatic N) is 4. The van der Waals surface area contributed by atoms with E-state index in [-0.39, 0.29) is 84.2 Å². The molecule has 0 spiro atoms. The molecule has 3 N–H and O–H groups in total. The predicted octanol–water partition coefficient (Wildman–Crippen LogP) is 7.55. The van der Waals surface area contributed by atoms with Gasteiger partial charge in [-0.3, -0.25) is 19.4 Å². The van der Waals surface area contributed by atoms with Crippen molar-refractivity contribution >= 4 is 99.3 Å². The number of alkyl halides is 2. The lowest BCUT2D eigenvalue weighted by Gasteiger charge is -2.25. The number of likely N-dealkylation sites (N-methyl/N-ethyl adjacent to an activating group) is 1. The van der Waals surface area contributed by atoms with Crippen molar-refractivity contribution in [1.29, 1.82) is 0 Å². The molecule has 4 aromatic carbocycles. The minimum Gasteiger partial charge on any atom is -0.465 e. The fourth-order valence-corrected chi connectivity index (χ4v) is 9.42. The Morgan fingerprint density at radius 2 is 1.27 bits per heavy atom. The number of hydrogen-bond donors (Lipinski definition) is 3. The van der Waals surface area contributed by atoms with Crippen LogP contribution in [0, 0.1) is 0 Å². The molecule has 7 rings (SSSR count). The number of amides is 4. The molecule has 15 nitrogen and oxygen atoms in total. The molecule has 2 aliphatic heterocycles. The van der Waals surface area contributed by atoms with E-state index in [1.807, 2.05) is 12.1 Å². The van der Waals surface area contributed by atoms with Crippen molar-refractivity contribution in [1.82, 2.24) is 9.80 Å². The van der Waals surface area contributed by atoms with E-state index in [2.05, 4.69) is 0 Å². The molecule has 0 unspecified atom stereocenters. The fraction of sp³-hybridized carbons (Fsp3) is 0.300. The number of rotatable bonds is 13. The van der Waals surface area contributed by atoms with Crippen LogP contribution in [0.5, 0.6) is 11.5 Å². The molecular formula is C40H39Cl2N4O11PS. The van der Waals surface area contributed by atoms with Crippen LogP contribution in [0.1, 0.15) is 42.3 Å². The predicted molar refractivity (Wildman–Crippen MR) is 225 cm³/mol. The summed E-state index contributed by atoms with van der Waals surface area (Å²) in [5.41, 5.74) is 2.43. The SMILES string of the molecule is COCCN(CCN(C)C(=O)O)C(=O)Oc1cc2c(c3ccccc13)[C@H](CCl)CN2C(=O)c1ccc(C(=O)N2C[C@@H](CCl)c3c2cc(OP(=O)(O)O)c2ccccc32)s1. The monoisotopic (exact) mass is 884 g/mol. The normalized spacial score (nSPS) is 16.0. The Kier molecular flexibility index (Phi) is 12.4. The number of carboxylic acid groups (broad SMARTS) is 1. The number of phosphoric ester groups is 1. The summed E-state index contributed by atoms with van der Waals surface area (Å²) in [4.78, 5) is 79.0. The molecule has 0 saturated carbocycles. The van der Waals surface area contributed by atoms with Crippen molar-refractivity contribution in [3.63, 3.8) is 0 Å². The maximum Gasteiger partial charge on any atom is 0.524 e. The molecule has 59 heavy (non-hydrogen) atoms. The molecule has 0 aliphatic carbocycles. The van der Waals surface area contributed by atoms with E-state index in [4.69, 9.17) is 37.2 Å². The summed E-state index contributed by atoms with van der Waals surface area (Å²) >= 11 is 13.9. The summed E-state index contributed by atoms with van der Waals surface area (Å²) in [5.74, 6) is -0.955. The van der Waals surface area contributed by atoms with Gasteiger partial charge in [-0.05, 0) is 34.0 Å². The third kappa shape index (κ3) is 8.44. The molecule has 2 atom stereocenters. The van der Waals surface area contributed by atoms with Crippen LogP contribution >= 0.6 is 42.4 Å². The summed E-state index contributed by atoms with van der Waals surface area (Å²) < 4.78 is 28.2. The average molecular weight is 886 g/mol. The van der Waals surface area contributed by atoms with Gasteiger partial charge in [-0.15, -0.1) is 34.5 Å². The first-order chi connectivity index (χ1) is 28.2. The van der Waals surface area contributed by atoms with Crippen LogP contribution in [0.15, 0.2) is 72.8 Å². The number of anilines is 2. The third-order valence-corrected chi connectivity index (χ3v) is 12.7. The molecule has 19 heteroatoms. The maximum atomic E-state index is 14.4. The van der Waals surface area contributed by atoms with Gasteiger partial charge in [-0.1, -0.05) is 48.5 Å². The van der Waals surface area contributed by atoms with E-state index < -0.39 is 31.8 Å². The lowest BCUT2D eigenvalue weighted by atomic mass is 9.95. The molecule has 0 radical (unpaired) electrons. The minimum absolute atomic E-state index is 0.0323. The Morgan fingerprint density at radius 1 is 0.780 bits per heavy atom. The number of methoxy groups -OCH3 is 1. The molecular weight excluding hydrogens is 846 g/mol. The third-order valence-electron chi connectivity index (χ3n) is 10.4. The quantitative estimate of drug-likeness (QED) is 0.0783. The maximum absolute atomic E-state index is 14.4. The van der Waals surface area contributed by atoms with Gasteiger partial charge in [0.2, 0.25) is 0 Å². The van der Waals surface area contributed by atoms with E-state index in [0.29, 0.717) is 27.5 Å². The molecule has 2 aliphatic rings. The largest absolute Gasteiger partial charge is 0.524 e. The Bertz CT molecular complexity index is 2520. The highest BCUT2D eigenvalue weighted by Crippen LogP contribution is 2.50. The van der Waals surface area contributed by atoms with Crippen LogP contribution in [-0.4, -0.2) is 114 Å². The van der Waals surface area contributed by atoms with Gasteiger partial charge in [0.15, 0.2) is 0 Å². The average Bonchev–Trinajstić information content (AvgIpc) is 3.96. The molecule has 4 amide bonds. The standard InChI is InChI=1S/C40H39Cl2N4O11PS/c1-43(39(49)50)13-14-44(15-16-55-2)40(51)56-31-17-29-35(27-9-5-3-7-25(27)31)23(19-41)21-45(29)37(47)33-11-12-34(59-33)38(48)46-22-24(20-42)36-28-10-6-4-8-26(28)32(18-30(36)46)57-58(52,53)54/h3-12,17-18,23-24H,13-16,19-22H2,1-2H3,(H,49,50)(H2,52,53,54)/t23-,24-/m1/s1. The Labute approximate surface area is 352 Å². The van der Waals surface area contributed by atoms with Crippen molar-refractivity contribution in [2.45, 2.75) is 11.8 Å². The van der Waals surface area contributed by atoms with Gasteiger partial charge in [-0.2, -0.15) is 0 Å². The van der Waals surface area contributed by atoms with Crippen molar-refractivity contribution < 1.29 is 52.6 Å². The van der Waals surface area contributed by atoms with Gasteiger partial charge in [0.05, 0.1) is 27.7 Å². The topological polar surface area (TPSA) is 187 Å². The van der Waals surface area contributed by atoms with Crippen molar-refractivity contribution in [2.24, 2.45) is 0 Å². The zero-order chi connectivity index (χ0) is 42.2. The number of carbonyl (C=O) groups excluding carboxylic acids is 3. The first kappa shape index (κ1) is 42.2.